The van der Waals surface area contributed by atoms with E-state index in [1.807, 2.05) is 6.07 Å². The fourth-order valence-electron chi connectivity index (χ4n) is 2.86. The van der Waals surface area contributed by atoms with Crippen molar-refractivity contribution in [3.05, 3.63) is 35.9 Å². The maximum absolute atomic E-state index is 6.51. The van der Waals surface area contributed by atoms with E-state index in [1.54, 1.807) is 0 Å². The maximum Gasteiger partial charge on any atom is 0.0509 e. The Bertz CT molecular complexity index is 359. The molecular formula is C16H26N2. The molecule has 1 aliphatic rings. The molecule has 1 heterocycles. The second-order valence-electron chi connectivity index (χ2n) is 6.10. The predicted octanol–water partition coefficient (Wildman–Crippen LogP) is 2.98. The van der Waals surface area contributed by atoms with E-state index < -0.39 is 0 Å². The van der Waals surface area contributed by atoms with Gasteiger partial charge in [0.1, 0.15) is 0 Å². The van der Waals surface area contributed by atoms with Gasteiger partial charge in [-0.3, -0.25) is 0 Å². The van der Waals surface area contributed by atoms with Crippen molar-refractivity contribution in [3.63, 3.8) is 0 Å². The number of nitrogens with zero attached hydrogens (tertiary/aromatic N) is 1. The molecule has 1 fully saturated rings. The summed E-state index contributed by atoms with van der Waals surface area (Å²) < 4.78 is 0. The van der Waals surface area contributed by atoms with Crippen LogP contribution in [-0.2, 0) is 5.54 Å². The molecule has 100 valence electrons. The molecule has 0 saturated carbocycles. The van der Waals surface area contributed by atoms with Gasteiger partial charge >= 0.3 is 0 Å². The van der Waals surface area contributed by atoms with Crippen LogP contribution in [0.5, 0.6) is 0 Å². The summed E-state index contributed by atoms with van der Waals surface area (Å²) in [6, 6.07) is 10.5. The van der Waals surface area contributed by atoms with E-state index in [9.17, 15) is 0 Å². The number of likely N-dealkylation sites (tertiary alicyclic amines) is 1. The summed E-state index contributed by atoms with van der Waals surface area (Å²) in [5, 5.41) is 0. The van der Waals surface area contributed by atoms with Crippen molar-refractivity contribution in [1.29, 1.82) is 0 Å². The minimum absolute atomic E-state index is 0.241. The summed E-state index contributed by atoms with van der Waals surface area (Å²) in [6.45, 7) is 7.87. The summed E-state index contributed by atoms with van der Waals surface area (Å²) >= 11 is 0. The van der Waals surface area contributed by atoms with E-state index in [1.165, 1.54) is 37.9 Å². The highest BCUT2D eigenvalue weighted by atomic mass is 15.1. The average Bonchev–Trinajstić information content (AvgIpc) is 2.55. The quantitative estimate of drug-likeness (QED) is 0.888. The minimum atomic E-state index is -0.241. The second kappa shape index (κ2) is 5.85. The predicted molar refractivity (Wildman–Crippen MR) is 77.4 cm³/mol. The van der Waals surface area contributed by atoms with Crippen LogP contribution in [0.15, 0.2) is 30.3 Å². The van der Waals surface area contributed by atoms with Crippen LogP contribution in [0.3, 0.4) is 0 Å². The highest BCUT2D eigenvalue weighted by Crippen LogP contribution is 2.22. The number of hydrogen-bond acceptors (Lipinski definition) is 2. The van der Waals surface area contributed by atoms with Crippen LogP contribution < -0.4 is 5.73 Å². The number of benzene rings is 1. The molecule has 1 aromatic rings. The number of hydrogen-bond donors (Lipinski definition) is 1. The van der Waals surface area contributed by atoms with Gasteiger partial charge in [0.2, 0.25) is 0 Å². The van der Waals surface area contributed by atoms with E-state index in [4.69, 9.17) is 5.73 Å². The van der Waals surface area contributed by atoms with Gasteiger partial charge in [-0.2, -0.15) is 0 Å². The van der Waals surface area contributed by atoms with Crippen molar-refractivity contribution < 1.29 is 0 Å². The van der Waals surface area contributed by atoms with Crippen LogP contribution in [-0.4, -0.2) is 24.5 Å². The Labute approximate surface area is 111 Å². The fraction of sp³-hybridized carbons (Fsp3) is 0.625. The van der Waals surface area contributed by atoms with Crippen molar-refractivity contribution in [2.75, 3.05) is 19.6 Å². The van der Waals surface area contributed by atoms with Gasteiger partial charge in [-0.1, -0.05) is 37.3 Å². The fourth-order valence-corrected chi connectivity index (χ4v) is 2.86. The molecule has 2 nitrogen and oxygen atoms in total. The Hall–Kier alpha value is -0.860. The first-order valence-corrected chi connectivity index (χ1v) is 7.15. The number of rotatable bonds is 3. The third-order valence-corrected chi connectivity index (χ3v) is 4.09. The third kappa shape index (κ3) is 3.56. The molecule has 18 heavy (non-hydrogen) atoms. The summed E-state index contributed by atoms with van der Waals surface area (Å²) in [6.07, 6.45) is 3.99. The van der Waals surface area contributed by atoms with Gasteiger partial charge in [-0.25, -0.2) is 0 Å². The molecule has 2 unspecified atom stereocenters. The average molecular weight is 246 g/mol. The van der Waals surface area contributed by atoms with Crippen molar-refractivity contribution in [2.45, 2.75) is 38.6 Å². The first-order valence-electron chi connectivity index (χ1n) is 7.15. The zero-order valence-electron chi connectivity index (χ0n) is 11.7. The van der Waals surface area contributed by atoms with E-state index >= 15 is 0 Å². The van der Waals surface area contributed by atoms with Crippen LogP contribution in [0.2, 0.25) is 0 Å². The van der Waals surface area contributed by atoms with Gasteiger partial charge < -0.3 is 10.6 Å². The Morgan fingerprint density at radius 2 is 1.94 bits per heavy atom. The topological polar surface area (TPSA) is 29.3 Å². The number of nitrogens with two attached hydrogens (primary N) is 1. The lowest BCUT2D eigenvalue weighted by Crippen LogP contribution is -2.45. The molecular weight excluding hydrogens is 220 g/mol. The third-order valence-electron chi connectivity index (χ3n) is 4.09. The molecule has 0 aliphatic carbocycles. The van der Waals surface area contributed by atoms with Gasteiger partial charge in [-0.15, -0.1) is 0 Å². The smallest absolute Gasteiger partial charge is 0.0509 e. The molecule has 1 saturated heterocycles. The minimum Gasteiger partial charge on any atom is -0.321 e. The van der Waals surface area contributed by atoms with Gasteiger partial charge in [0.15, 0.2) is 0 Å². The molecule has 2 rings (SSSR count). The van der Waals surface area contributed by atoms with Crippen molar-refractivity contribution in [3.8, 4) is 0 Å². The molecule has 0 radical (unpaired) electrons. The molecule has 1 aromatic carbocycles. The zero-order valence-corrected chi connectivity index (χ0v) is 11.7. The summed E-state index contributed by atoms with van der Waals surface area (Å²) in [5.74, 6) is 0.871. The second-order valence-corrected chi connectivity index (χ2v) is 6.10. The zero-order chi connectivity index (χ0) is 13.0. The molecule has 0 bridgehead atoms. The van der Waals surface area contributed by atoms with Crippen LogP contribution in [0, 0.1) is 5.92 Å². The van der Waals surface area contributed by atoms with Crippen molar-refractivity contribution >= 4 is 0 Å². The van der Waals surface area contributed by atoms with Gasteiger partial charge in [0.25, 0.3) is 0 Å². The van der Waals surface area contributed by atoms with Crippen LogP contribution in [0.1, 0.15) is 38.7 Å². The molecule has 2 heteroatoms. The summed E-state index contributed by atoms with van der Waals surface area (Å²) in [7, 11) is 0. The lowest BCUT2D eigenvalue weighted by Gasteiger charge is -2.32. The maximum atomic E-state index is 6.51. The summed E-state index contributed by atoms with van der Waals surface area (Å²) in [5.41, 5.74) is 7.51. The SMILES string of the molecule is CC1CCCN(CC(C)(N)c2ccccc2)CC1. The molecule has 2 N–H and O–H groups in total. The Kier molecular flexibility index (Phi) is 4.41. The first-order chi connectivity index (χ1) is 8.58. The van der Waals surface area contributed by atoms with E-state index in [-0.39, 0.29) is 5.54 Å². The van der Waals surface area contributed by atoms with Crippen LogP contribution in [0.25, 0.3) is 0 Å². The lowest BCUT2D eigenvalue weighted by atomic mass is 9.92. The van der Waals surface area contributed by atoms with Gasteiger partial charge in [0, 0.05) is 6.54 Å². The lowest BCUT2D eigenvalue weighted by molar-refractivity contribution is 0.222. The van der Waals surface area contributed by atoms with E-state index in [0.29, 0.717) is 0 Å². The van der Waals surface area contributed by atoms with Gasteiger partial charge in [0.05, 0.1) is 5.54 Å². The Morgan fingerprint density at radius 1 is 1.22 bits per heavy atom. The van der Waals surface area contributed by atoms with Crippen molar-refractivity contribution in [2.24, 2.45) is 11.7 Å². The van der Waals surface area contributed by atoms with Crippen LogP contribution in [0.4, 0.5) is 0 Å². The van der Waals surface area contributed by atoms with E-state index in [0.717, 1.165) is 12.5 Å². The highest BCUT2D eigenvalue weighted by Gasteiger charge is 2.25. The monoisotopic (exact) mass is 246 g/mol. The molecule has 0 spiro atoms. The molecule has 1 aliphatic heterocycles. The van der Waals surface area contributed by atoms with Crippen LogP contribution >= 0.6 is 0 Å². The first kappa shape index (κ1) is 13.6. The largest absolute Gasteiger partial charge is 0.321 e. The Balaban J connectivity index is 1.99. The van der Waals surface area contributed by atoms with Crippen molar-refractivity contribution in [1.82, 2.24) is 4.90 Å². The van der Waals surface area contributed by atoms with Gasteiger partial charge in [-0.05, 0) is 50.8 Å². The standard InChI is InChI=1S/C16H26N2/c1-14-7-6-11-18(12-10-14)13-16(2,17)15-8-4-3-5-9-15/h3-5,8-9,14H,6-7,10-13,17H2,1-2H3. The summed E-state index contributed by atoms with van der Waals surface area (Å²) in [4.78, 5) is 2.54. The Morgan fingerprint density at radius 3 is 2.67 bits per heavy atom. The molecule has 0 amide bonds. The molecule has 0 aromatic heterocycles. The normalized spacial score (nSPS) is 25.4. The highest BCUT2D eigenvalue weighted by molar-refractivity contribution is 5.23. The van der Waals surface area contributed by atoms with E-state index in [2.05, 4.69) is 43.0 Å². The molecule has 2 atom stereocenters.